The van der Waals surface area contributed by atoms with Crippen LogP contribution in [0.15, 0.2) is 24.3 Å². The summed E-state index contributed by atoms with van der Waals surface area (Å²) in [5.74, 6) is 0.383. The van der Waals surface area contributed by atoms with Crippen LogP contribution in [0, 0.1) is 10.1 Å². The minimum atomic E-state index is -0.386. The average Bonchev–Trinajstić information content (AvgIpc) is 2.83. The molecular weight excluding hydrogens is 286 g/mol. The fourth-order valence-corrected chi connectivity index (χ4v) is 3.43. The standard InChI is InChI=1S/C15H19N3O2S/c1-10(2)15-13(7-8-16)21-14(17-15)9-11-3-5-12(6-4-11)18(19)20/h3-6,10H,7-9,16H2,1-2H3. The first-order valence-corrected chi connectivity index (χ1v) is 7.74. The van der Waals surface area contributed by atoms with E-state index in [0.717, 1.165) is 22.7 Å². The lowest BCUT2D eigenvalue weighted by atomic mass is 10.1. The molecule has 0 fully saturated rings. The molecule has 0 bridgehead atoms. The van der Waals surface area contributed by atoms with Gasteiger partial charge in [0.1, 0.15) is 0 Å². The molecule has 2 aromatic rings. The van der Waals surface area contributed by atoms with Crippen LogP contribution in [0.4, 0.5) is 5.69 Å². The van der Waals surface area contributed by atoms with Crippen molar-refractivity contribution in [2.75, 3.05) is 6.54 Å². The Morgan fingerprint density at radius 1 is 1.33 bits per heavy atom. The van der Waals surface area contributed by atoms with E-state index >= 15 is 0 Å². The van der Waals surface area contributed by atoms with Crippen molar-refractivity contribution in [3.05, 3.63) is 55.5 Å². The molecule has 0 aliphatic heterocycles. The highest BCUT2D eigenvalue weighted by atomic mass is 32.1. The number of nitrogens with zero attached hydrogens (tertiary/aromatic N) is 2. The van der Waals surface area contributed by atoms with Gasteiger partial charge in [-0.05, 0) is 24.4 Å². The van der Waals surface area contributed by atoms with E-state index in [0.29, 0.717) is 18.9 Å². The lowest BCUT2D eigenvalue weighted by Crippen LogP contribution is -2.04. The topological polar surface area (TPSA) is 82.0 Å². The van der Waals surface area contributed by atoms with Gasteiger partial charge in [-0.1, -0.05) is 26.0 Å². The second-order valence-corrected chi connectivity index (χ2v) is 6.38. The highest BCUT2D eigenvalue weighted by Gasteiger charge is 2.14. The predicted molar refractivity (Wildman–Crippen MR) is 84.9 cm³/mol. The van der Waals surface area contributed by atoms with Gasteiger partial charge in [-0.15, -0.1) is 11.3 Å². The first-order chi connectivity index (χ1) is 10.0. The summed E-state index contributed by atoms with van der Waals surface area (Å²) in [6.07, 6.45) is 1.55. The Morgan fingerprint density at radius 2 is 2.00 bits per heavy atom. The van der Waals surface area contributed by atoms with Gasteiger partial charge in [0.25, 0.3) is 5.69 Å². The number of thiazole rings is 1. The number of hydrogen-bond acceptors (Lipinski definition) is 5. The van der Waals surface area contributed by atoms with Crippen LogP contribution in [-0.2, 0) is 12.8 Å². The quantitative estimate of drug-likeness (QED) is 0.656. The van der Waals surface area contributed by atoms with Gasteiger partial charge in [0.2, 0.25) is 0 Å². The summed E-state index contributed by atoms with van der Waals surface area (Å²) in [6, 6.07) is 6.65. The maximum absolute atomic E-state index is 10.6. The van der Waals surface area contributed by atoms with Crippen molar-refractivity contribution in [3.8, 4) is 0 Å². The fraction of sp³-hybridized carbons (Fsp3) is 0.400. The van der Waals surface area contributed by atoms with E-state index in [-0.39, 0.29) is 10.6 Å². The van der Waals surface area contributed by atoms with E-state index in [1.165, 1.54) is 17.0 Å². The molecule has 21 heavy (non-hydrogen) atoms. The van der Waals surface area contributed by atoms with E-state index in [4.69, 9.17) is 10.7 Å². The molecule has 0 aliphatic rings. The normalized spacial score (nSPS) is 11.0. The molecule has 0 atom stereocenters. The molecule has 0 saturated heterocycles. The number of nitrogens with two attached hydrogens (primary N) is 1. The van der Waals surface area contributed by atoms with Crippen molar-refractivity contribution in [2.24, 2.45) is 5.73 Å². The number of hydrogen-bond donors (Lipinski definition) is 1. The van der Waals surface area contributed by atoms with Crippen LogP contribution in [0.1, 0.15) is 40.9 Å². The third-order valence-corrected chi connectivity index (χ3v) is 4.32. The van der Waals surface area contributed by atoms with Crippen molar-refractivity contribution in [3.63, 3.8) is 0 Å². The zero-order chi connectivity index (χ0) is 15.4. The van der Waals surface area contributed by atoms with Crippen LogP contribution in [0.2, 0.25) is 0 Å². The Bertz CT molecular complexity index is 620. The van der Waals surface area contributed by atoms with Gasteiger partial charge in [0, 0.05) is 23.4 Å². The van der Waals surface area contributed by atoms with Crippen molar-refractivity contribution < 1.29 is 4.92 Å². The number of aromatic nitrogens is 1. The first kappa shape index (κ1) is 15.6. The Balaban J connectivity index is 2.19. The molecule has 5 nitrogen and oxygen atoms in total. The monoisotopic (exact) mass is 305 g/mol. The van der Waals surface area contributed by atoms with E-state index in [2.05, 4.69) is 13.8 Å². The van der Waals surface area contributed by atoms with E-state index in [1.807, 2.05) is 0 Å². The summed E-state index contributed by atoms with van der Waals surface area (Å²) < 4.78 is 0. The molecule has 112 valence electrons. The Kier molecular flexibility index (Phi) is 5.03. The smallest absolute Gasteiger partial charge is 0.269 e. The van der Waals surface area contributed by atoms with Crippen LogP contribution in [0.5, 0.6) is 0 Å². The van der Waals surface area contributed by atoms with Crippen LogP contribution in [-0.4, -0.2) is 16.5 Å². The minimum absolute atomic E-state index is 0.115. The average molecular weight is 305 g/mol. The van der Waals surface area contributed by atoms with Gasteiger partial charge in [-0.25, -0.2) is 4.98 Å². The molecule has 2 rings (SSSR count). The SMILES string of the molecule is CC(C)c1nc(Cc2ccc([N+](=O)[O-])cc2)sc1CCN. The molecule has 6 heteroatoms. The number of nitro groups is 1. The third-order valence-electron chi connectivity index (χ3n) is 3.19. The van der Waals surface area contributed by atoms with Crippen LogP contribution in [0.25, 0.3) is 0 Å². The summed E-state index contributed by atoms with van der Waals surface area (Å²) in [7, 11) is 0. The molecule has 2 N–H and O–H groups in total. The number of benzene rings is 1. The first-order valence-electron chi connectivity index (χ1n) is 6.93. The molecule has 0 saturated carbocycles. The van der Waals surface area contributed by atoms with Gasteiger partial charge in [0.05, 0.1) is 15.6 Å². The Morgan fingerprint density at radius 3 is 2.52 bits per heavy atom. The number of non-ortho nitro benzene ring substituents is 1. The summed E-state index contributed by atoms with van der Waals surface area (Å²) in [6.45, 7) is 4.88. The van der Waals surface area contributed by atoms with Crippen molar-refractivity contribution in [2.45, 2.75) is 32.6 Å². The fourth-order valence-electron chi connectivity index (χ4n) is 2.16. The zero-order valence-electron chi connectivity index (χ0n) is 12.2. The Hall–Kier alpha value is -1.79. The molecule has 1 aromatic carbocycles. The van der Waals surface area contributed by atoms with Crippen molar-refractivity contribution in [1.29, 1.82) is 0 Å². The Labute approximate surface area is 128 Å². The molecular formula is C15H19N3O2S. The van der Waals surface area contributed by atoms with Gasteiger partial charge >= 0.3 is 0 Å². The van der Waals surface area contributed by atoms with Crippen molar-refractivity contribution in [1.82, 2.24) is 4.98 Å². The largest absolute Gasteiger partial charge is 0.330 e. The lowest BCUT2D eigenvalue weighted by molar-refractivity contribution is -0.384. The van der Waals surface area contributed by atoms with Crippen LogP contribution < -0.4 is 5.73 Å². The van der Waals surface area contributed by atoms with Gasteiger partial charge in [0.15, 0.2) is 0 Å². The molecule has 0 unspecified atom stereocenters. The second kappa shape index (κ2) is 6.78. The van der Waals surface area contributed by atoms with Crippen LogP contribution in [0.3, 0.4) is 0 Å². The second-order valence-electron chi connectivity index (χ2n) is 5.21. The molecule has 0 aliphatic carbocycles. The molecule has 0 spiro atoms. The van der Waals surface area contributed by atoms with Gasteiger partial charge in [-0.3, -0.25) is 10.1 Å². The zero-order valence-corrected chi connectivity index (χ0v) is 13.0. The summed E-state index contributed by atoms with van der Waals surface area (Å²) in [5, 5.41) is 11.7. The third kappa shape index (κ3) is 3.86. The molecule has 1 heterocycles. The summed E-state index contributed by atoms with van der Waals surface area (Å²) in [4.78, 5) is 16.2. The number of rotatable bonds is 6. The summed E-state index contributed by atoms with van der Waals surface area (Å²) >= 11 is 1.69. The van der Waals surface area contributed by atoms with Gasteiger partial charge < -0.3 is 5.73 Å². The predicted octanol–water partition coefficient (Wildman–Crippen LogP) is 3.27. The highest BCUT2D eigenvalue weighted by Crippen LogP contribution is 2.27. The van der Waals surface area contributed by atoms with E-state index < -0.39 is 0 Å². The molecule has 1 aromatic heterocycles. The van der Waals surface area contributed by atoms with Crippen molar-refractivity contribution >= 4 is 17.0 Å². The molecule has 0 radical (unpaired) electrons. The molecule has 0 amide bonds. The minimum Gasteiger partial charge on any atom is -0.330 e. The maximum Gasteiger partial charge on any atom is 0.269 e. The lowest BCUT2D eigenvalue weighted by Gasteiger charge is -2.03. The van der Waals surface area contributed by atoms with E-state index in [1.54, 1.807) is 23.5 Å². The van der Waals surface area contributed by atoms with Crippen LogP contribution >= 0.6 is 11.3 Å². The van der Waals surface area contributed by atoms with E-state index in [9.17, 15) is 10.1 Å². The highest BCUT2D eigenvalue weighted by molar-refractivity contribution is 7.11. The summed E-state index contributed by atoms with van der Waals surface area (Å²) in [5.41, 5.74) is 7.93. The van der Waals surface area contributed by atoms with Gasteiger partial charge in [-0.2, -0.15) is 0 Å². The number of nitro benzene ring substituents is 1. The maximum atomic E-state index is 10.6.